The SMILES string of the molecule is COCc1ccccc1CNC(=O)c1ccccc1OCc1noc(C)n1. The van der Waals surface area contributed by atoms with Gasteiger partial charge in [0.05, 0.1) is 12.2 Å². The van der Waals surface area contributed by atoms with Gasteiger partial charge in [0.1, 0.15) is 5.75 Å². The minimum atomic E-state index is -0.220. The smallest absolute Gasteiger partial charge is 0.255 e. The predicted molar refractivity (Wildman–Crippen MR) is 98.1 cm³/mol. The number of aromatic nitrogens is 2. The summed E-state index contributed by atoms with van der Waals surface area (Å²) in [7, 11) is 1.65. The van der Waals surface area contributed by atoms with Gasteiger partial charge in [0.2, 0.25) is 11.7 Å². The summed E-state index contributed by atoms with van der Waals surface area (Å²) in [4.78, 5) is 16.7. The third-order valence-electron chi connectivity index (χ3n) is 3.92. The second kappa shape index (κ2) is 8.95. The van der Waals surface area contributed by atoms with Crippen molar-refractivity contribution in [2.75, 3.05) is 7.11 Å². The molecule has 0 radical (unpaired) electrons. The van der Waals surface area contributed by atoms with Crippen LogP contribution in [0.25, 0.3) is 0 Å². The number of benzene rings is 2. The van der Waals surface area contributed by atoms with Crippen molar-refractivity contribution in [1.82, 2.24) is 15.5 Å². The Labute approximate surface area is 157 Å². The van der Waals surface area contributed by atoms with Gasteiger partial charge in [0.15, 0.2) is 6.61 Å². The fraction of sp³-hybridized carbons (Fsp3) is 0.250. The van der Waals surface area contributed by atoms with Crippen LogP contribution in [0.15, 0.2) is 53.1 Å². The van der Waals surface area contributed by atoms with E-state index < -0.39 is 0 Å². The average molecular weight is 367 g/mol. The van der Waals surface area contributed by atoms with E-state index in [4.69, 9.17) is 14.0 Å². The Morgan fingerprint density at radius 3 is 2.56 bits per heavy atom. The van der Waals surface area contributed by atoms with Gasteiger partial charge in [0, 0.05) is 20.6 Å². The van der Waals surface area contributed by atoms with E-state index in [-0.39, 0.29) is 12.5 Å². The lowest BCUT2D eigenvalue weighted by atomic mass is 10.1. The molecule has 0 atom stereocenters. The van der Waals surface area contributed by atoms with Crippen LogP contribution in [0.2, 0.25) is 0 Å². The Morgan fingerprint density at radius 1 is 1.07 bits per heavy atom. The number of hydrogen-bond donors (Lipinski definition) is 1. The molecule has 27 heavy (non-hydrogen) atoms. The highest BCUT2D eigenvalue weighted by Gasteiger charge is 2.14. The number of rotatable bonds is 8. The molecule has 7 nitrogen and oxygen atoms in total. The zero-order valence-electron chi connectivity index (χ0n) is 15.3. The first kappa shape index (κ1) is 18.6. The molecule has 140 valence electrons. The summed E-state index contributed by atoms with van der Waals surface area (Å²) in [5.74, 6) is 1.13. The first-order valence-electron chi connectivity index (χ1n) is 8.52. The van der Waals surface area contributed by atoms with E-state index in [1.807, 2.05) is 30.3 Å². The lowest BCUT2D eigenvalue weighted by Gasteiger charge is -2.12. The fourth-order valence-electron chi connectivity index (χ4n) is 2.62. The first-order valence-corrected chi connectivity index (χ1v) is 8.52. The van der Waals surface area contributed by atoms with Crippen molar-refractivity contribution in [3.05, 3.63) is 76.9 Å². The quantitative estimate of drug-likeness (QED) is 0.659. The number of amides is 1. The van der Waals surface area contributed by atoms with Crippen molar-refractivity contribution in [2.24, 2.45) is 0 Å². The van der Waals surface area contributed by atoms with E-state index in [0.29, 0.717) is 36.2 Å². The number of hydrogen-bond acceptors (Lipinski definition) is 6. The van der Waals surface area contributed by atoms with Crippen molar-refractivity contribution >= 4 is 5.91 Å². The largest absolute Gasteiger partial charge is 0.485 e. The number of para-hydroxylation sites is 1. The molecule has 0 spiro atoms. The molecule has 0 unspecified atom stereocenters. The third kappa shape index (κ3) is 4.92. The summed E-state index contributed by atoms with van der Waals surface area (Å²) >= 11 is 0. The zero-order valence-corrected chi connectivity index (χ0v) is 15.3. The van der Waals surface area contributed by atoms with Gasteiger partial charge >= 0.3 is 0 Å². The standard InChI is InChI=1S/C20H21N3O4/c1-14-22-19(23-27-14)13-26-18-10-6-5-9-17(18)20(24)21-11-15-7-3-4-8-16(15)12-25-2/h3-10H,11-13H2,1-2H3,(H,21,24). The summed E-state index contributed by atoms with van der Waals surface area (Å²) in [6, 6.07) is 14.9. The van der Waals surface area contributed by atoms with Crippen molar-refractivity contribution in [3.8, 4) is 5.75 Å². The summed E-state index contributed by atoms with van der Waals surface area (Å²) in [6.45, 7) is 2.73. The maximum atomic E-state index is 12.7. The molecule has 3 aromatic rings. The highest BCUT2D eigenvalue weighted by molar-refractivity contribution is 5.96. The van der Waals surface area contributed by atoms with Crippen LogP contribution in [0, 0.1) is 6.92 Å². The highest BCUT2D eigenvalue weighted by Crippen LogP contribution is 2.19. The molecule has 0 bridgehead atoms. The van der Waals surface area contributed by atoms with Crippen LogP contribution in [0.4, 0.5) is 0 Å². The maximum Gasteiger partial charge on any atom is 0.255 e. The molecule has 1 aromatic heterocycles. The molecule has 1 heterocycles. The van der Waals surface area contributed by atoms with E-state index in [1.54, 1.807) is 32.2 Å². The Kier molecular flexibility index (Phi) is 6.17. The molecular weight excluding hydrogens is 346 g/mol. The molecule has 2 aromatic carbocycles. The Bertz CT molecular complexity index is 908. The van der Waals surface area contributed by atoms with Crippen molar-refractivity contribution < 1.29 is 18.8 Å². The van der Waals surface area contributed by atoms with E-state index in [1.165, 1.54) is 0 Å². The lowest BCUT2D eigenvalue weighted by molar-refractivity contribution is 0.0945. The Balaban J connectivity index is 1.66. The van der Waals surface area contributed by atoms with Crippen LogP contribution in [0.1, 0.15) is 33.2 Å². The molecular formula is C20H21N3O4. The molecule has 0 aliphatic heterocycles. The molecule has 1 N–H and O–H groups in total. The number of carbonyl (C=O) groups is 1. The number of methoxy groups -OCH3 is 1. The summed E-state index contributed by atoms with van der Waals surface area (Å²) in [5, 5.41) is 6.72. The van der Waals surface area contributed by atoms with E-state index in [9.17, 15) is 4.79 Å². The van der Waals surface area contributed by atoms with Crippen LogP contribution in [-0.4, -0.2) is 23.2 Å². The monoisotopic (exact) mass is 367 g/mol. The highest BCUT2D eigenvalue weighted by atomic mass is 16.5. The maximum absolute atomic E-state index is 12.7. The van der Waals surface area contributed by atoms with Crippen molar-refractivity contribution in [2.45, 2.75) is 26.7 Å². The van der Waals surface area contributed by atoms with Crippen LogP contribution in [-0.2, 0) is 24.5 Å². The van der Waals surface area contributed by atoms with Crippen LogP contribution in [0.3, 0.4) is 0 Å². The van der Waals surface area contributed by atoms with Crippen LogP contribution in [0.5, 0.6) is 5.75 Å². The Morgan fingerprint density at radius 2 is 1.81 bits per heavy atom. The minimum absolute atomic E-state index is 0.123. The summed E-state index contributed by atoms with van der Waals surface area (Å²) in [6.07, 6.45) is 0. The van der Waals surface area contributed by atoms with Gasteiger partial charge in [-0.25, -0.2) is 0 Å². The molecule has 0 saturated carbocycles. The second-order valence-electron chi connectivity index (χ2n) is 5.90. The van der Waals surface area contributed by atoms with E-state index in [0.717, 1.165) is 11.1 Å². The second-order valence-corrected chi connectivity index (χ2v) is 5.90. The molecule has 0 fully saturated rings. The summed E-state index contributed by atoms with van der Waals surface area (Å²) in [5.41, 5.74) is 2.49. The van der Waals surface area contributed by atoms with Crippen molar-refractivity contribution in [3.63, 3.8) is 0 Å². The van der Waals surface area contributed by atoms with E-state index in [2.05, 4.69) is 15.5 Å². The number of ether oxygens (including phenoxy) is 2. The predicted octanol–water partition coefficient (Wildman–Crippen LogP) is 3.03. The average Bonchev–Trinajstić information content (AvgIpc) is 3.11. The Hall–Kier alpha value is -3.19. The van der Waals surface area contributed by atoms with Gasteiger partial charge < -0.3 is 19.3 Å². The topological polar surface area (TPSA) is 86.5 Å². The summed E-state index contributed by atoms with van der Waals surface area (Å²) < 4.78 is 15.8. The van der Waals surface area contributed by atoms with Gasteiger partial charge in [-0.2, -0.15) is 4.98 Å². The van der Waals surface area contributed by atoms with Gasteiger partial charge in [0.25, 0.3) is 5.91 Å². The molecule has 0 saturated heterocycles. The van der Waals surface area contributed by atoms with Crippen molar-refractivity contribution in [1.29, 1.82) is 0 Å². The zero-order chi connectivity index (χ0) is 19.1. The molecule has 1 amide bonds. The fourth-order valence-corrected chi connectivity index (χ4v) is 2.62. The van der Waals surface area contributed by atoms with E-state index >= 15 is 0 Å². The first-order chi connectivity index (χ1) is 13.2. The van der Waals surface area contributed by atoms with Crippen LogP contribution < -0.4 is 10.1 Å². The molecule has 0 aliphatic carbocycles. The number of nitrogens with zero attached hydrogens (tertiary/aromatic N) is 2. The molecule has 3 rings (SSSR count). The van der Waals surface area contributed by atoms with Crippen LogP contribution >= 0.6 is 0 Å². The normalized spacial score (nSPS) is 10.6. The van der Waals surface area contributed by atoms with Gasteiger partial charge in [-0.1, -0.05) is 41.6 Å². The number of nitrogens with one attached hydrogen (secondary N) is 1. The third-order valence-corrected chi connectivity index (χ3v) is 3.92. The minimum Gasteiger partial charge on any atom is -0.485 e. The van der Waals surface area contributed by atoms with Gasteiger partial charge in [-0.05, 0) is 23.3 Å². The molecule has 7 heteroatoms. The number of aryl methyl sites for hydroxylation is 1. The number of carbonyl (C=O) groups excluding carboxylic acids is 1. The van der Waals surface area contributed by atoms with Gasteiger partial charge in [-0.3, -0.25) is 4.79 Å². The van der Waals surface area contributed by atoms with Gasteiger partial charge in [-0.15, -0.1) is 0 Å². The molecule has 0 aliphatic rings. The lowest BCUT2D eigenvalue weighted by Crippen LogP contribution is -2.24.